The fourth-order valence-corrected chi connectivity index (χ4v) is 2.05. The number of esters is 1. The minimum Gasteiger partial charge on any atom is -0.465 e. The fraction of sp³-hybridized carbons (Fsp3) is 0.727. The van der Waals surface area contributed by atoms with Crippen molar-refractivity contribution in [2.75, 3.05) is 25.2 Å². The summed E-state index contributed by atoms with van der Waals surface area (Å²) in [5.74, 6) is 0.494. The molecule has 0 heterocycles. The number of amides is 3. The van der Waals surface area contributed by atoms with Gasteiger partial charge in [0.2, 0.25) is 5.91 Å². The van der Waals surface area contributed by atoms with Crippen molar-refractivity contribution in [2.24, 2.45) is 5.73 Å². The molecule has 110 valence electrons. The summed E-state index contributed by atoms with van der Waals surface area (Å²) in [5.41, 5.74) is 5.61. The van der Waals surface area contributed by atoms with E-state index in [0.717, 1.165) is 0 Å². The van der Waals surface area contributed by atoms with Crippen LogP contribution in [-0.4, -0.2) is 49.1 Å². The van der Waals surface area contributed by atoms with Crippen molar-refractivity contribution in [3.8, 4) is 0 Å². The second-order valence-corrected chi connectivity index (χ2v) is 4.86. The Bertz CT molecular complexity index is 312. The van der Waals surface area contributed by atoms with E-state index in [0.29, 0.717) is 24.5 Å². The van der Waals surface area contributed by atoms with Crippen LogP contribution in [0.5, 0.6) is 0 Å². The molecule has 0 rings (SSSR count). The van der Waals surface area contributed by atoms with E-state index < -0.39 is 18.0 Å². The molecule has 0 bridgehead atoms. The fourth-order valence-electron chi connectivity index (χ4n) is 1.10. The van der Waals surface area contributed by atoms with Crippen LogP contribution in [0.25, 0.3) is 0 Å². The maximum atomic E-state index is 11.2. The van der Waals surface area contributed by atoms with Gasteiger partial charge in [0.1, 0.15) is 6.04 Å². The predicted molar refractivity (Wildman–Crippen MR) is 73.8 cm³/mol. The molecule has 7 nitrogen and oxygen atoms in total. The van der Waals surface area contributed by atoms with Gasteiger partial charge in [0.05, 0.1) is 6.61 Å². The Balaban J connectivity index is 3.57. The van der Waals surface area contributed by atoms with E-state index in [4.69, 9.17) is 10.5 Å². The molecule has 3 amide bonds. The van der Waals surface area contributed by atoms with Gasteiger partial charge in [-0.1, -0.05) is 0 Å². The van der Waals surface area contributed by atoms with Crippen molar-refractivity contribution in [2.45, 2.75) is 25.8 Å². The molecule has 0 aromatic carbocycles. The number of nitrogens with one attached hydrogen (secondary N) is 2. The number of nitrogens with two attached hydrogens (primary N) is 1. The maximum Gasteiger partial charge on any atom is 0.322 e. The number of ether oxygens (including phenoxy) is 1. The van der Waals surface area contributed by atoms with Gasteiger partial charge in [0.25, 0.3) is 0 Å². The number of hydrogen-bond acceptors (Lipinski definition) is 6. The third-order valence-electron chi connectivity index (χ3n) is 2.12. The number of urea groups is 1. The van der Waals surface area contributed by atoms with Crippen molar-refractivity contribution < 1.29 is 19.1 Å². The van der Waals surface area contributed by atoms with Crippen molar-refractivity contribution in [1.82, 2.24) is 10.6 Å². The lowest BCUT2D eigenvalue weighted by Gasteiger charge is -2.09. The molecule has 1 unspecified atom stereocenters. The second-order valence-electron chi connectivity index (χ2n) is 3.64. The lowest BCUT2D eigenvalue weighted by molar-refractivity contribution is -0.144. The zero-order valence-electron chi connectivity index (χ0n) is 11.2. The summed E-state index contributed by atoms with van der Waals surface area (Å²) in [5, 5.41) is 4.45. The van der Waals surface area contributed by atoms with E-state index in [1.54, 1.807) is 6.92 Å². The zero-order chi connectivity index (χ0) is 14.7. The van der Waals surface area contributed by atoms with Crippen LogP contribution in [0.1, 0.15) is 19.8 Å². The highest BCUT2D eigenvalue weighted by molar-refractivity contribution is 7.99. The number of rotatable bonds is 8. The van der Waals surface area contributed by atoms with Crippen LogP contribution < -0.4 is 16.4 Å². The Kier molecular flexibility index (Phi) is 9.91. The first-order chi connectivity index (χ1) is 9.01. The quantitative estimate of drug-likeness (QED) is 0.423. The van der Waals surface area contributed by atoms with Gasteiger partial charge < -0.3 is 15.8 Å². The summed E-state index contributed by atoms with van der Waals surface area (Å²) in [6, 6.07) is -1.13. The molecule has 0 saturated carbocycles. The third kappa shape index (κ3) is 9.32. The summed E-state index contributed by atoms with van der Waals surface area (Å²) in [7, 11) is 1.44. The average molecular weight is 291 g/mol. The van der Waals surface area contributed by atoms with Crippen LogP contribution in [0.3, 0.4) is 0 Å². The number of carbonyl (C=O) groups excluding carboxylic acids is 3. The molecule has 0 aliphatic heterocycles. The summed E-state index contributed by atoms with van der Waals surface area (Å²) in [6.07, 6.45) is 0.743. The van der Waals surface area contributed by atoms with E-state index in [2.05, 4.69) is 10.6 Å². The lowest BCUT2D eigenvalue weighted by atomic mass is 10.2. The topological polar surface area (TPSA) is 111 Å². The Morgan fingerprint density at radius 1 is 1.32 bits per heavy atom. The van der Waals surface area contributed by atoms with E-state index >= 15 is 0 Å². The highest BCUT2D eigenvalue weighted by Crippen LogP contribution is 2.06. The first kappa shape index (κ1) is 17.7. The van der Waals surface area contributed by atoms with Gasteiger partial charge in [0.15, 0.2) is 0 Å². The van der Waals surface area contributed by atoms with Gasteiger partial charge in [-0.3, -0.25) is 14.9 Å². The molecule has 0 aliphatic carbocycles. The van der Waals surface area contributed by atoms with Gasteiger partial charge in [-0.05, 0) is 19.1 Å². The minimum atomic E-state index is -0.618. The Morgan fingerprint density at radius 2 is 2.00 bits per heavy atom. The smallest absolute Gasteiger partial charge is 0.322 e. The molecular formula is C11H21N3O4S. The van der Waals surface area contributed by atoms with E-state index in [1.807, 2.05) is 0 Å². The number of thioether (sulfide) groups is 1. The second kappa shape index (κ2) is 10.6. The number of carbonyl (C=O) groups is 3. The molecule has 0 aromatic rings. The van der Waals surface area contributed by atoms with Gasteiger partial charge in [-0.15, -0.1) is 0 Å². The standard InChI is InChI=1S/C11H21N3O4S/c1-3-18-10(16)8(12)4-6-19-7-5-9(15)14-11(17)13-2/h8H,3-7,12H2,1-2H3,(H2,13,14,15,17). The highest BCUT2D eigenvalue weighted by Gasteiger charge is 2.13. The van der Waals surface area contributed by atoms with Crippen LogP contribution >= 0.6 is 11.8 Å². The predicted octanol–water partition coefficient (Wildman–Crippen LogP) is -0.154. The Morgan fingerprint density at radius 3 is 2.58 bits per heavy atom. The lowest BCUT2D eigenvalue weighted by Crippen LogP contribution is -2.37. The van der Waals surface area contributed by atoms with E-state index in [1.165, 1.54) is 18.8 Å². The van der Waals surface area contributed by atoms with Gasteiger partial charge >= 0.3 is 12.0 Å². The van der Waals surface area contributed by atoms with Crippen LogP contribution in [-0.2, 0) is 14.3 Å². The van der Waals surface area contributed by atoms with E-state index in [9.17, 15) is 14.4 Å². The van der Waals surface area contributed by atoms with Gasteiger partial charge in [0, 0.05) is 19.2 Å². The van der Waals surface area contributed by atoms with E-state index in [-0.39, 0.29) is 12.3 Å². The van der Waals surface area contributed by atoms with Crippen LogP contribution in [0.2, 0.25) is 0 Å². The summed E-state index contributed by atoms with van der Waals surface area (Å²) >= 11 is 1.50. The minimum absolute atomic E-state index is 0.243. The number of imide groups is 1. The molecule has 1 atom stereocenters. The summed E-state index contributed by atoms with van der Waals surface area (Å²) < 4.78 is 4.77. The molecule has 0 saturated heterocycles. The maximum absolute atomic E-state index is 11.2. The first-order valence-corrected chi connectivity index (χ1v) is 7.18. The van der Waals surface area contributed by atoms with Crippen molar-refractivity contribution >= 4 is 29.7 Å². The number of hydrogen-bond donors (Lipinski definition) is 3. The molecule has 0 radical (unpaired) electrons. The normalized spacial score (nSPS) is 11.5. The van der Waals surface area contributed by atoms with Crippen molar-refractivity contribution in [3.63, 3.8) is 0 Å². The summed E-state index contributed by atoms with van der Waals surface area (Å²) in [4.78, 5) is 33.2. The molecular weight excluding hydrogens is 270 g/mol. The molecule has 8 heteroatoms. The third-order valence-corrected chi connectivity index (χ3v) is 3.13. The summed E-state index contributed by atoms with van der Waals surface area (Å²) in [6.45, 7) is 2.05. The van der Waals surface area contributed by atoms with Crippen LogP contribution in [0.15, 0.2) is 0 Å². The monoisotopic (exact) mass is 291 g/mol. The van der Waals surface area contributed by atoms with Crippen molar-refractivity contribution in [1.29, 1.82) is 0 Å². The highest BCUT2D eigenvalue weighted by atomic mass is 32.2. The Labute approximate surface area is 117 Å². The first-order valence-electron chi connectivity index (χ1n) is 6.02. The van der Waals surface area contributed by atoms with Gasteiger partial charge in [-0.2, -0.15) is 11.8 Å². The molecule has 4 N–H and O–H groups in total. The molecule has 0 fully saturated rings. The van der Waals surface area contributed by atoms with Gasteiger partial charge in [-0.25, -0.2) is 4.79 Å². The van der Waals surface area contributed by atoms with Crippen LogP contribution in [0, 0.1) is 0 Å². The Hall–Kier alpha value is -1.28. The molecule has 0 spiro atoms. The van der Waals surface area contributed by atoms with Crippen LogP contribution in [0.4, 0.5) is 4.79 Å². The average Bonchev–Trinajstić information content (AvgIpc) is 2.38. The largest absolute Gasteiger partial charge is 0.465 e. The SMILES string of the molecule is CCOC(=O)C(N)CCSCCC(=O)NC(=O)NC. The molecule has 0 aromatic heterocycles. The zero-order valence-corrected chi connectivity index (χ0v) is 12.0. The molecule has 19 heavy (non-hydrogen) atoms. The van der Waals surface area contributed by atoms with Crippen molar-refractivity contribution in [3.05, 3.63) is 0 Å². The molecule has 0 aliphatic rings.